The minimum atomic E-state index is -3.70. The molecule has 150 valence electrons. The normalized spacial score (nSPS) is 11.0. The molecule has 0 atom stereocenters. The summed E-state index contributed by atoms with van der Waals surface area (Å²) in [4.78, 5) is 23.8. The van der Waals surface area contributed by atoms with Crippen LogP contribution in [0, 0.1) is 6.92 Å². The summed E-state index contributed by atoms with van der Waals surface area (Å²) in [6.07, 6.45) is 1.02. The predicted molar refractivity (Wildman–Crippen MR) is 108 cm³/mol. The van der Waals surface area contributed by atoms with Gasteiger partial charge >= 0.3 is 0 Å². The zero-order valence-electron chi connectivity index (χ0n) is 16.1. The molecule has 0 fully saturated rings. The fourth-order valence-electron chi connectivity index (χ4n) is 2.54. The van der Waals surface area contributed by atoms with Crippen LogP contribution in [0.2, 0.25) is 0 Å². The number of Topliss-reactive ketones (excluding diaryl/α,β-unsaturated/α-hetero) is 1. The van der Waals surface area contributed by atoms with Crippen molar-refractivity contribution in [2.75, 3.05) is 30.3 Å². The molecule has 0 aromatic heterocycles. The zero-order chi connectivity index (χ0) is 20.7. The van der Waals surface area contributed by atoms with E-state index in [4.69, 9.17) is 4.74 Å². The Bertz CT molecular complexity index is 957. The molecule has 1 N–H and O–H groups in total. The Morgan fingerprint density at radius 3 is 2.46 bits per heavy atom. The van der Waals surface area contributed by atoms with E-state index in [1.165, 1.54) is 13.0 Å². The number of rotatable bonds is 9. The number of para-hydroxylation sites is 1. The van der Waals surface area contributed by atoms with Crippen molar-refractivity contribution in [1.82, 2.24) is 5.32 Å². The molecule has 0 aliphatic rings. The second-order valence-electron chi connectivity index (χ2n) is 6.34. The summed E-state index contributed by atoms with van der Waals surface area (Å²) in [6.45, 7) is 3.43. The number of benzene rings is 2. The first-order chi connectivity index (χ1) is 13.2. The third-order valence-electron chi connectivity index (χ3n) is 4.00. The van der Waals surface area contributed by atoms with Crippen LogP contribution in [-0.4, -0.2) is 46.1 Å². The lowest BCUT2D eigenvalue weighted by Crippen LogP contribution is -2.41. The van der Waals surface area contributed by atoms with Crippen molar-refractivity contribution in [2.24, 2.45) is 0 Å². The van der Waals surface area contributed by atoms with Gasteiger partial charge in [0.1, 0.15) is 18.9 Å². The Kier molecular flexibility index (Phi) is 7.17. The standard InChI is InChI=1S/C20H24N2O5S/c1-15-7-4-5-10-19(15)27-12-11-21-20(24)14-22(28(3,25)26)18-9-6-8-17(13-18)16(2)23/h4-10,13H,11-12,14H2,1-3H3,(H,21,24). The summed E-state index contributed by atoms with van der Waals surface area (Å²) in [5.74, 6) is 0.0794. The molecule has 0 saturated carbocycles. The second-order valence-corrected chi connectivity index (χ2v) is 8.25. The minimum Gasteiger partial charge on any atom is -0.491 e. The number of nitrogens with zero attached hydrogens (tertiary/aromatic N) is 1. The molecule has 0 unspecified atom stereocenters. The minimum absolute atomic E-state index is 0.187. The number of ketones is 1. The van der Waals surface area contributed by atoms with Gasteiger partial charge in [0, 0.05) is 5.56 Å². The van der Waals surface area contributed by atoms with Crippen molar-refractivity contribution in [1.29, 1.82) is 0 Å². The summed E-state index contributed by atoms with van der Waals surface area (Å²) in [5.41, 5.74) is 1.63. The van der Waals surface area contributed by atoms with Gasteiger partial charge in [0.2, 0.25) is 15.9 Å². The molecular formula is C20H24N2O5S. The maximum atomic E-state index is 12.2. The van der Waals surface area contributed by atoms with Gasteiger partial charge in [-0.15, -0.1) is 0 Å². The molecule has 2 aromatic carbocycles. The highest BCUT2D eigenvalue weighted by atomic mass is 32.2. The number of hydrogen-bond acceptors (Lipinski definition) is 5. The van der Waals surface area contributed by atoms with Crippen LogP contribution in [0.1, 0.15) is 22.8 Å². The van der Waals surface area contributed by atoms with E-state index in [-0.39, 0.29) is 31.2 Å². The van der Waals surface area contributed by atoms with Crippen LogP contribution in [0.25, 0.3) is 0 Å². The largest absolute Gasteiger partial charge is 0.491 e. The third-order valence-corrected chi connectivity index (χ3v) is 5.14. The van der Waals surface area contributed by atoms with Gasteiger partial charge in [-0.25, -0.2) is 8.42 Å². The first-order valence-corrected chi connectivity index (χ1v) is 10.6. The molecule has 0 saturated heterocycles. The topological polar surface area (TPSA) is 92.8 Å². The van der Waals surface area contributed by atoms with Gasteiger partial charge in [-0.05, 0) is 37.6 Å². The monoisotopic (exact) mass is 404 g/mol. The van der Waals surface area contributed by atoms with Crippen LogP contribution in [0.3, 0.4) is 0 Å². The Morgan fingerprint density at radius 1 is 1.11 bits per heavy atom. The first-order valence-electron chi connectivity index (χ1n) is 8.72. The Hall–Kier alpha value is -2.87. The van der Waals surface area contributed by atoms with Crippen LogP contribution in [-0.2, 0) is 14.8 Å². The van der Waals surface area contributed by atoms with Crippen LogP contribution in [0.5, 0.6) is 5.75 Å². The quantitative estimate of drug-likeness (QED) is 0.511. The van der Waals surface area contributed by atoms with Gasteiger partial charge in [0.15, 0.2) is 5.78 Å². The van der Waals surface area contributed by atoms with E-state index < -0.39 is 15.9 Å². The molecule has 0 aliphatic heterocycles. The molecule has 8 heteroatoms. The molecule has 0 spiro atoms. The van der Waals surface area contributed by atoms with Crippen molar-refractivity contribution < 1.29 is 22.7 Å². The number of aryl methyl sites for hydroxylation is 1. The van der Waals surface area contributed by atoms with E-state index in [0.717, 1.165) is 21.9 Å². The van der Waals surface area contributed by atoms with E-state index in [2.05, 4.69) is 5.32 Å². The number of nitrogens with one attached hydrogen (secondary N) is 1. The lowest BCUT2D eigenvalue weighted by atomic mass is 10.1. The highest BCUT2D eigenvalue weighted by Crippen LogP contribution is 2.19. The molecule has 0 aliphatic carbocycles. The number of amides is 1. The fraction of sp³-hybridized carbons (Fsp3) is 0.300. The molecular weight excluding hydrogens is 380 g/mol. The fourth-order valence-corrected chi connectivity index (χ4v) is 3.38. The van der Waals surface area contributed by atoms with Crippen LogP contribution in [0.15, 0.2) is 48.5 Å². The van der Waals surface area contributed by atoms with Crippen LogP contribution >= 0.6 is 0 Å². The summed E-state index contributed by atoms with van der Waals surface area (Å²) in [7, 11) is -3.70. The van der Waals surface area contributed by atoms with Gasteiger partial charge in [-0.3, -0.25) is 13.9 Å². The van der Waals surface area contributed by atoms with E-state index >= 15 is 0 Å². The molecule has 2 rings (SSSR count). The van der Waals surface area contributed by atoms with Gasteiger partial charge in [0.25, 0.3) is 0 Å². The molecule has 0 radical (unpaired) electrons. The van der Waals surface area contributed by atoms with E-state index in [1.54, 1.807) is 18.2 Å². The summed E-state index contributed by atoms with van der Waals surface area (Å²) in [5, 5.41) is 2.65. The van der Waals surface area contributed by atoms with Crippen LogP contribution in [0.4, 0.5) is 5.69 Å². The lowest BCUT2D eigenvalue weighted by Gasteiger charge is -2.22. The second kappa shape index (κ2) is 9.36. The number of anilines is 1. The molecule has 0 bridgehead atoms. The molecule has 2 aromatic rings. The molecule has 28 heavy (non-hydrogen) atoms. The molecule has 7 nitrogen and oxygen atoms in total. The highest BCUT2D eigenvalue weighted by molar-refractivity contribution is 7.92. The Labute approximate surface area is 165 Å². The average Bonchev–Trinajstić information content (AvgIpc) is 2.63. The number of hydrogen-bond donors (Lipinski definition) is 1. The van der Waals surface area contributed by atoms with Gasteiger partial charge in [0.05, 0.1) is 18.5 Å². The van der Waals surface area contributed by atoms with Gasteiger partial charge in [-0.1, -0.05) is 30.3 Å². The van der Waals surface area contributed by atoms with Crippen molar-refractivity contribution >= 4 is 27.4 Å². The van der Waals surface area contributed by atoms with Crippen molar-refractivity contribution in [3.05, 3.63) is 59.7 Å². The van der Waals surface area contributed by atoms with E-state index in [0.29, 0.717) is 5.56 Å². The number of ether oxygens (including phenoxy) is 1. The Morgan fingerprint density at radius 2 is 1.82 bits per heavy atom. The summed E-state index contributed by atoms with van der Waals surface area (Å²) >= 11 is 0. The Balaban J connectivity index is 1.97. The lowest BCUT2D eigenvalue weighted by molar-refractivity contribution is -0.119. The number of sulfonamides is 1. The van der Waals surface area contributed by atoms with Crippen molar-refractivity contribution in [3.8, 4) is 5.75 Å². The summed E-state index contributed by atoms with van der Waals surface area (Å²) < 4.78 is 30.8. The maximum Gasteiger partial charge on any atom is 0.240 e. The zero-order valence-corrected chi connectivity index (χ0v) is 17.0. The summed E-state index contributed by atoms with van der Waals surface area (Å²) in [6, 6.07) is 13.7. The smallest absolute Gasteiger partial charge is 0.240 e. The van der Waals surface area contributed by atoms with E-state index in [1.807, 2.05) is 31.2 Å². The van der Waals surface area contributed by atoms with Crippen molar-refractivity contribution in [2.45, 2.75) is 13.8 Å². The van der Waals surface area contributed by atoms with Crippen molar-refractivity contribution in [3.63, 3.8) is 0 Å². The average molecular weight is 404 g/mol. The first kappa shape index (κ1) is 21.4. The van der Waals surface area contributed by atoms with Crippen LogP contribution < -0.4 is 14.4 Å². The predicted octanol–water partition coefficient (Wildman–Crippen LogP) is 2.16. The third kappa shape index (κ3) is 6.09. The molecule has 0 heterocycles. The maximum absolute atomic E-state index is 12.2. The number of carbonyl (C=O) groups excluding carboxylic acids is 2. The van der Waals surface area contributed by atoms with Gasteiger partial charge in [-0.2, -0.15) is 0 Å². The van der Waals surface area contributed by atoms with Gasteiger partial charge < -0.3 is 10.1 Å². The SMILES string of the molecule is CC(=O)c1cccc(N(CC(=O)NCCOc2ccccc2C)S(C)(=O)=O)c1. The number of carbonyl (C=O) groups is 2. The molecule has 1 amide bonds. The highest BCUT2D eigenvalue weighted by Gasteiger charge is 2.21. The van der Waals surface area contributed by atoms with E-state index in [9.17, 15) is 18.0 Å².